The van der Waals surface area contributed by atoms with E-state index in [0.717, 1.165) is 17.0 Å². The van der Waals surface area contributed by atoms with Gasteiger partial charge in [0.25, 0.3) is 0 Å². The average Bonchev–Trinajstić information content (AvgIpc) is 3.51. The molecule has 4 aromatic heterocycles. The lowest BCUT2D eigenvalue weighted by Crippen LogP contribution is -2.50. The number of anilines is 1. The Labute approximate surface area is 211 Å². The molecule has 1 saturated carbocycles. The van der Waals surface area contributed by atoms with Crippen LogP contribution in [0.5, 0.6) is 0 Å². The van der Waals surface area contributed by atoms with Crippen LogP contribution in [0.2, 0.25) is 0 Å². The summed E-state index contributed by atoms with van der Waals surface area (Å²) >= 11 is 1.45. The van der Waals surface area contributed by atoms with Crippen molar-refractivity contribution in [3.8, 4) is 21.3 Å². The lowest BCUT2D eigenvalue weighted by Gasteiger charge is -2.44. The highest BCUT2D eigenvalue weighted by atomic mass is 32.1. The summed E-state index contributed by atoms with van der Waals surface area (Å²) in [4.78, 5) is 24.4. The number of H-pyrrole nitrogens is 1. The van der Waals surface area contributed by atoms with E-state index in [1.165, 1.54) is 22.3 Å². The van der Waals surface area contributed by atoms with Gasteiger partial charge in [-0.2, -0.15) is 5.10 Å². The van der Waals surface area contributed by atoms with Crippen molar-refractivity contribution in [2.75, 3.05) is 11.4 Å². The van der Waals surface area contributed by atoms with Gasteiger partial charge in [0.05, 0.1) is 16.3 Å². The largest absolute Gasteiger partial charge is 0.443 e. The van der Waals surface area contributed by atoms with Crippen LogP contribution in [0.1, 0.15) is 45.7 Å². The van der Waals surface area contributed by atoms with Crippen LogP contribution in [-0.2, 0) is 10.2 Å². The molecule has 1 aliphatic carbocycles. The number of amides is 1. The molecule has 4 aromatic rings. The van der Waals surface area contributed by atoms with E-state index in [2.05, 4.69) is 30.4 Å². The van der Waals surface area contributed by atoms with Gasteiger partial charge in [-0.25, -0.2) is 14.2 Å². The van der Waals surface area contributed by atoms with Crippen LogP contribution in [-0.4, -0.2) is 48.6 Å². The summed E-state index contributed by atoms with van der Waals surface area (Å²) < 4.78 is 20.4. The monoisotopic (exact) mass is 507 g/mol. The lowest BCUT2D eigenvalue weighted by molar-refractivity contribution is 0.0557. The van der Waals surface area contributed by atoms with Gasteiger partial charge in [-0.3, -0.25) is 15.0 Å². The third-order valence-electron chi connectivity index (χ3n) is 6.06. The average molecular weight is 508 g/mol. The van der Waals surface area contributed by atoms with Crippen LogP contribution in [0, 0.1) is 5.82 Å². The lowest BCUT2D eigenvalue weighted by atomic mass is 9.66. The van der Waals surface area contributed by atoms with E-state index in [1.54, 1.807) is 57.6 Å². The summed E-state index contributed by atoms with van der Waals surface area (Å²) in [6.07, 6.45) is 6.78. The molecule has 11 heteroatoms. The number of carbonyl (C=O) groups is 1. The van der Waals surface area contributed by atoms with Crippen LogP contribution in [0.4, 0.5) is 15.0 Å². The summed E-state index contributed by atoms with van der Waals surface area (Å²) in [7, 11) is 0. The molecule has 186 valence electrons. The van der Waals surface area contributed by atoms with Crippen LogP contribution < -0.4 is 4.90 Å². The number of nitrogens with one attached hydrogen (secondary N) is 1. The number of ether oxygens (including phenoxy) is 1. The van der Waals surface area contributed by atoms with Gasteiger partial charge in [-0.1, -0.05) is 6.42 Å². The first kappa shape index (κ1) is 24.0. The Morgan fingerprint density at radius 1 is 1.17 bits per heavy atom. The van der Waals surface area contributed by atoms with Gasteiger partial charge in [0.15, 0.2) is 5.82 Å². The van der Waals surface area contributed by atoms with Gasteiger partial charge in [-0.05, 0) is 63.9 Å². The van der Waals surface area contributed by atoms with E-state index in [9.17, 15) is 9.18 Å². The third kappa shape index (κ3) is 4.83. The maximum absolute atomic E-state index is 14.7. The smallest absolute Gasteiger partial charge is 0.416 e. The maximum Gasteiger partial charge on any atom is 0.416 e. The molecule has 1 aliphatic rings. The van der Waals surface area contributed by atoms with Gasteiger partial charge in [0.1, 0.15) is 22.1 Å². The van der Waals surface area contributed by atoms with Crippen molar-refractivity contribution >= 4 is 23.2 Å². The maximum atomic E-state index is 14.7. The van der Waals surface area contributed by atoms with E-state index in [0.29, 0.717) is 35.1 Å². The van der Waals surface area contributed by atoms with Crippen molar-refractivity contribution in [1.29, 1.82) is 0 Å². The molecule has 0 spiro atoms. The number of nitrogens with zero attached hydrogens (tertiary/aromatic N) is 6. The molecule has 0 aliphatic heterocycles. The standard InChI is InChI=1S/C25H26FN7O2S/c1-24(2,3)35-23(34)33(15-25(10-5-11-25)21-16(26)6-4-12-27-21)20-8-7-18(31-32-20)22-28-14-19(36-22)17-9-13-29-30-17/h4,6-9,12-14H,5,10-11,15H2,1-3H3,(H,29,30). The van der Waals surface area contributed by atoms with Crippen molar-refractivity contribution in [2.45, 2.75) is 51.0 Å². The minimum Gasteiger partial charge on any atom is -0.443 e. The van der Waals surface area contributed by atoms with E-state index < -0.39 is 17.1 Å². The summed E-state index contributed by atoms with van der Waals surface area (Å²) in [5, 5.41) is 16.3. The SMILES string of the molecule is CC(C)(C)OC(=O)N(CC1(c2ncccc2F)CCC1)c1ccc(-c2ncc(-c3ccn[nH]3)s2)nn1. The van der Waals surface area contributed by atoms with E-state index in [1.807, 2.05) is 6.07 Å². The molecule has 4 heterocycles. The fraction of sp³-hybridized carbons (Fsp3) is 0.360. The number of carbonyl (C=O) groups excluding carboxylic acids is 1. The molecule has 5 rings (SSSR count). The zero-order valence-electron chi connectivity index (χ0n) is 20.2. The number of rotatable bonds is 6. The quantitative estimate of drug-likeness (QED) is 0.373. The number of pyridine rings is 1. The Balaban J connectivity index is 1.45. The highest BCUT2D eigenvalue weighted by Gasteiger charge is 2.45. The van der Waals surface area contributed by atoms with Gasteiger partial charge >= 0.3 is 6.09 Å². The molecule has 0 atom stereocenters. The first-order valence-corrected chi connectivity index (χ1v) is 12.5. The number of aromatic nitrogens is 6. The first-order valence-electron chi connectivity index (χ1n) is 11.7. The Morgan fingerprint density at radius 3 is 2.61 bits per heavy atom. The van der Waals surface area contributed by atoms with E-state index >= 15 is 0 Å². The van der Waals surface area contributed by atoms with Crippen molar-refractivity contribution in [3.05, 3.63) is 60.4 Å². The molecule has 0 radical (unpaired) electrons. The first-order chi connectivity index (χ1) is 17.2. The van der Waals surface area contributed by atoms with Crippen molar-refractivity contribution in [3.63, 3.8) is 0 Å². The topological polar surface area (TPSA) is 110 Å². The second kappa shape index (κ2) is 9.38. The normalized spacial score (nSPS) is 14.8. The summed E-state index contributed by atoms with van der Waals surface area (Å²) in [5.74, 6) is -0.0550. The second-order valence-electron chi connectivity index (χ2n) is 9.81. The van der Waals surface area contributed by atoms with Crippen LogP contribution in [0.3, 0.4) is 0 Å². The predicted octanol–water partition coefficient (Wildman–Crippen LogP) is 5.39. The van der Waals surface area contributed by atoms with Crippen molar-refractivity contribution in [1.82, 2.24) is 30.4 Å². The predicted molar refractivity (Wildman–Crippen MR) is 134 cm³/mol. The Kier molecular flexibility index (Phi) is 6.25. The second-order valence-corrected chi connectivity index (χ2v) is 10.8. The fourth-order valence-electron chi connectivity index (χ4n) is 4.20. The van der Waals surface area contributed by atoms with Gasteiger partial charge in [0, 0.05) is 30.6 Å². The van der Waals surface area contributed by atoms with Crippen molar-refractivity contribution in [2.24, 2.45) is 0 Å². The van der Waals surface area contributed by atoms with Crippen LogP contribution in [0.15, 0.2) is 48.9 Å². The molecule has 36 heavy (non-hydrogen) atoms. The summed E-state index contributed by atoms with van der Waals surface area (Å²) in [5.41, 5.74) is 0.482. The van der Waals surface area contributed by atoms with Crippen LogP contribution in [0.25, 0.3) is 21.3 Å². The molecule has 1 amide bonds. The van der Waals surface area contributed by atoms with E-state index in [4.69, 9.17) is 4.74 Å². The van der Waals surface area contributed by atoms with Gasteiger partial charge < -0.3 is 4.74 Å². The molecule has 0 saturated heterocycles. The summed E-state index contributed by atoms with van der Waals surface area (Å²) in [6.45, 7) is 5.59. The Bertz CT molecular complexity index is 1350. The number of halogens is 1. The molecule has 0 unspecified atom stereocenters. The number of thiazole rings is 1. The number of hydrogen-bond acceptors (Lipinski definition) is 8. The van der Waals surface area contributed by atoms with Gasteiger partial charge in [-0.15, -0.1) is 21.5 Å². The third-order valence-corrected chi connectivity index (χ3v) is 7.12. The van der Waals surface area contributed by atoms with E-state index in [-0.39, 0.29) is 12.4 Å². The van der Waals surface area contributed by atoms with Crippen molar-refractivity contribution < 1.29 is 13.9 Å². The van der Waals surface area contributed by atoms with Crippen LogP contribution >= 0.6 is 11.3 Å². The highest BCUT2D eigenvalue weighted by Crippen LogP contribution is 2.45. The molecular formula is C25H26FN7O2S. The zero-order valence-corrected chi connectivity index (χ0v) is 21.0. The Morgan fingerprint density at radius 2 is 2.00 bits per heavy atom. The molecule has 1 N–H and O–H groups in total. The highest BCUT2D eigenvalue weighted by molar-refractivity contribution is 7.18. The molecular weight excluding hydrogens is 481 g/mol. The molecule has 9 nitrogen and oxygen atoms in total. The minimum atomic E-state index is -0.713. The molecule has 1 fully saturated rings. The Hall–Kier alpha value is -3.73. The minimum absolute atomic E-state index is 0.186. The molecule has 0 aromatic carbocycles. The zero-order chi connectivity index (χ0) is 25.3. The number of aromatic amines is 1. The molecule has 0 bridgehead atoms. The van der Waals surface area contributed by atoms with Gasteiger partial charge in [0.2, 0.25) is 0 Å². The fourth-order valence-corrected chi connectivity index (χ4v) is 5.06. The summed E-state index contributed by atoms with van der Waals surface area (Å²) in [6, 6.07) is 8.32. The number of hydrogen-bond donors (Lipinski definition) is 1.